The van der Waals surface area contributed by atoms with E-state index in [-0.39, 0.29) is 6.09 Å². The van der Waals surface area contributed by atoms with Crippen molar-refractivity contribution < 1.29 is 14.3 Å². The lowest BCUT2D eigenvalue weighted by Crippen LogP contribution is -2.47. The van der Waals surface area contributed by atoms with Crippen LogP contribution in [0.4, 0.5) is 4.79 Å². The Hall–Kier alpha value is -2.12. The van der Waals surface area contributed by atoms with Gasteiger partial charge in [0, 0.05) is 24.5 Å². The van der Waals surface area contributed by atoms with Crippen LogP contribution in [0.5, 0.6) is 5.75 Å². The standard InChI is InChI=1S/C23H33N3O3S/c1-17-8-10-20(11-9-17)28-15-21-25-18(16-30-21)14-26-12-6-5-7-19(26)13-24-22(27)29-23(2,3)4/h8-11,16,19H,5-7,12-15H2,1-4H3,(H,24,27). The summed E-state index contributed by atoms with van der Waals surface area (Å²) in [6, 6.07) is 8.37. The number of aromatic nitrogens is 1. The third-order valence-electron chi connectivity index (χ3n) is 4.98. The Morgan fingerprint density at radius 2 is 2.03 bits per heavy atom. The molecule has 2 heterocycles. The van der Waals surface area contributed by atoms with Crippen LogP contribution >= 0.6 is 11.3 Å². The number of nitrogens with one attached hydrogen (secondary N) is 1. The van der Waals surface area contributed by atoms with Gasteiger partial charge in [-0.3, -0.25) is 4.90 Å². The van der Waals surface area contributed by atoms with Crippen LogP contribution < -0.4 is 10.1 Å². The van der Waals surface area contributed by atoms with Crippen LogP contribution in [-0.2, 0) is 17.9 Å². The number of alkyl carbamates (subject to hydrolysis) is 1. The Morgan fingerprint density at radius 3 is 2.77 bits per heavy atom. The van der Waals surface area contributed by atoms with E-state index in [4.69, 9.17) is 14.5 Å². The SMILES string of the molecule is Cc1ccc(OCc2nc(CN3CCCCC3CNC(=O)OC(C)(C)C)cs2)cc1. The number of carbonyl (C=O) groups is 1. The highest BCUT2D eigenvalue weighted by Crippen LogP contribution is 2.21. The quantitative estimate of drug-likeness (QED) is 0.675. The highest BCUT2D eigenvalue weighted by molar-refractivity contribution is 7.09. The number of hydrogen-bond donors (Lipinski definition) is 1. The number of hydrogen-bond acceptors (Lipinski definition) is 6. The normalized spacial score (nSPS) is 17.5. The van der Waals surface area contributed by atoms with Crippen LogP contribution in [0.2, 0.25) is 0 Å². The van der Waals surface area contributed by atoms with E-state index in [1.54, 1.807) is 11.3 Å². The molecule has 1 N–H and O–H groups in total. The van der Waals surface area contributed by atoms with E-state index in [1.807, 2.05) is 45.0 Å². The predicted molar refractivity (Wildman–Crippen MR) is 120 cm³/mol. The largest absolute Gasteiger partial charge is 0.486 e. The van der Waals surface area contributed by atoms with Crippen molar-refractivity contribution in [3.8, 4) is 5.75 Å². The fraction of sp³-hybridized carbons (Fsp3) is 0.565. The third-order valence-corrected chi connectivity index (χ3v) is 5.85. The first-order chi connectivity index (χ1) is 14.3. The summed E-state index contributed by atoms with van der Waals surface area (Å²) >= 11 is 1.63. The van der Waals surface area contributed by atoms with Crippen molar-refractivity contribution in [2.24, 2.45) is 0 Å². The molecule has 0 aliphatic carbocycles. The minimum atomic E-state index is -0.478. The van der Waals surface area contributed by atoms with E-state index in [1.165, 1.54) is 18.4 Å². The van der Waals surface area contributed by atoms with E-state index in [0.29, 0.717) is 19.2 Å². The monoisotopic (exact) mass is 431 g/mol. The molecule has 6 nitrogen and oxygen atoms in total. The number of carbonyl (C=O) groups excluding carboxylic acids is 1. The molecule has 164 valence electrons. The number of likely N-dealkylation sites (tertiary alicyclic amines) is 1. The lowest BCUT2D eigenvalue weighted by Gasteiger charge is -2.35. The van der Waals surface area contributed by atoms with Crippen molar-refractivity contribution in [1.29, 1.82) is 0 Å². The van der Waals surface area contributed by atoms with Gasteiger partial charge >= 0.3 is 6.09 Å². The second kappa shape index (κ2) is 10.3. The second-order valence-corrected chi connectivity index (χ2v) is 9.78. The zero-order valence-corrected chi connectivity index (χ0v) is 19.3. The molecule has 1 aliphatic heterocycles. The minimum absolute atomic E-state index is 0.306. The van der Waals surface area contributed by atoms with Crippen LogP contribution in [0, 0.1) is 6.92 Å². The highest BCUT2D eigenvalue weighted by Gasteiger charge is 2.25. The molecule has 1 fully saturated rings. The molecule has 0 spiro atoms. The molecule has 1 aromatic carbocycles. The van der Waals surface area contributed by atoms with Gasteiger partial charge in [-0.2, -0.15) is 0 Å². The third kappa shape index (κ3) is 7.29. The molecule has 1 aromatic heterocycles. The summed E-state index contributed by atoms with van der Waals surface area (Å²) < 4.78 is 11.2. The van der Waals surface area contributed by atoms with Crippen LogP contribution in [0.3, 0.4) is 0 Å². The summed E-state index contributed by atoms with van der Waals surface area (Å²) in [5, 5.41) is 6.02. The first kappa shape index (κ1) is 22.6. The number of thiazole rings is 1. The predicted octanol–water partition coefficient (Wildman–Crippen LogP) is 4.91. The maximum Gasteiger partial charge on any atom is 0.407 e. The molecular formula is C23H33N3O3S. The molecule has 1 amide bonds. The van der Waals surface area contributed by atoms with Gasteiger partial charge in [0.15, 0.2) is 0 Å². The number of aryl methyl sites for hydroxylation is 1. The van der Waals surface area contributed by atoms with Gasteiger partial charge in [0.25, 0.3) is 0 Å². The van der Waals surface area contributed by atoms with Gasteiger partial charge < -0.3 is 14.8 Å². The second-order valence-electron chi connectivity index (χ2n) is 8.84. The van der Waals surface area contributed by atoms with Gasteiger partial charge in [-0.1, -0.05) is 24.1 Å². The van der Waals surface area contributed by atoms with Crippen LogP contribution in [-0.4, -0.2) is 40.7 Å². The Morgan fingerprint density at radius 1 is 1.27 bits per heavy atom. The first-order valence-corrected chi connectivity index (χ1v) is 11.5. The summed E-state index contributed by atoms with van der Waals surface area (Å²) in [5.41, 5.74) is 1.80. The van der Waals surface area contributed by atoms with Crippen LogP contribution in [0.1, 0.15) is 56.3 Å². The average molecular weight is 432 g/mol. The van der Waals surface area contributed by atoms with Crippen LogP contribution in [0.15, 0.2) is 29.6 Å². The summed E-state index contributed by atoms with van der Waals surface area (Å²) in [4.78, 5) is 19.2. The van der Waals surface area contributed by atoms with Crippen molar-refractivity contribution >= 4 is 17.4 Å². The first-order valence-electron chi connectivity index (χ1n) is 10.6. The van der Waals surface area contributed by atoms with E-state index in [9.17, 15) is 4.79 Å². The molecule has 0 radical (unpaired) electrons. The van der Waals surface area contributed by atoms with Gasteiger partial charge in [0.05, 0.1) is 5.69 Å². The average Bonchev–Trinajstić information content (AvgIpc) is 3.13. The van der Waals surface area contributed by atoms with Crippen LogP contribution in [0.25, 0.3) is 0 Å². The Labute approximate surface area is 183 Å². The van der Waals surface area contributed by atoms with Crippen molar-refractivity contribution in [1.82, 2.24) is 15.2 Å². The zero-order chi connectivity index (χ0) is 21.6. The molecule has 0 saturated carbocycles. The molecule has 2 aromatic rings. The number of ether oxygens (including phenoxy) is 2. The fourth-order valence-electron chi connectivity index (χ4n) is 3.49. The van der Waals surface area contributed by atoms with Gasteiger partial charge in [-0.05, 0) is 59.2 Å². The maximum atomic E-state index is 12.0. The summed E-state index contributed by atoms with van der Waals surface area (Å²) in [7, 11) is 0. The molecule has 1 saturated heterocycles. The molecule has 1 unspecified atom stereocenters. The van der Waals surface area contributed by atoms with Gasteiger partial charge in [-0.25, -0.2) is 9.78 Å². The Bertz CT molecular complexity index is 814. The zero-order valence-electron chi connectivity index (χ0n) is 18.4. The van der Waals surface area contributed by atoms with E-state index >= 15 is 0 Å². The smallest absolute Gasteiger partial charge is 0.407 e. The maximum absolute atomic E-state index is 12.0. The molecule has 3 rings (SSSR count). The Balaban J connectivity index is 1.50. The van der Waals surface area contributed by atoms with Crippen molar-refractivity contribution in [2.45, 2.75) is 71.8 Å². The fourth-order valence-corrected chi connectivity index (χ4v) is 4.19. The van der Waals surface area contributed by atoms with Gasteiger partial charge in [-0.15, -0.1) is 11.3 Å². The molecule has 30 heavy (non-hydrogen) atoms. The number of piperidine rings is 1. The van der Waals surface area contributed by atoms with Crippen molar-refractivity contribution in [2.75, 3.05) is 13.1 Å². The number of amides is 1. The van der Waals surface area contributed by atoms with Gasteiger partial charge in [0.1, 0.15) is 23.0 Å². The lowest BCUT2D eigenvalue weighted by atomic mass is 10.0. The van der Waals surface area contributed by atoms with Crippen molar-refractivity contribution in [3.63, 3.8) is 0 Å². The summed E-state index contributed by atoms with van der Waals surface area (Å²) in [5.74, 6) is 0.863. The summed E-state index contributed by atoms with van der Waals surface area (Å²) in [6.45, 7) is 10.6. The molecular weight excluding hydrogens is 398 g/mol. The number of nitrogens with zero attached hydrogens (tertiary/aromatic N) is 2. The van der Waals surface area contributed by atoms with E-state index in [2.05, 4.69) is 22.5 Å². The number of rotatable bonds is 7. The molecule has 0 bridgehead atoms. The Kier molecular flexibility index (Phi) is 7.72. The van der Waals surface area contributed by atoms with E-state index in [0.717, 1.165) is 36.0 Å². The molecule has 7 heteroatoms. The van der Waals surface area contributed by atoms with Crippen molar-refractivity contribution in [3.05, 3.63) is 45.9 Å². The van der Waals surface area contributed by atoms with E-state index < -0.39 is 5.60 Å². The molecule has 1 aliphatic rings. The topological polar surface area (TPSA) is 63.7 Å². The summed E-state index contributed by atoms with van der Waals surface area (Å²) in [6.07, 6.45) is 3.08. The molecule has 1 atom stereocenters. The lowest BCUT2D eigenvalue weighted by molar-refractivity contribution is 0.0491. The highest BCUT2D eigenvalue weighted by atomic mass is 32.1. The van der Waals surface area contributed by atoms with Gasteiger partial charge in [0.2, 0.25) is 0 Å². The number of benzene rings is 1. The minimum Gasteiger partial charge on any atom is -0.486 e.